The van der Waals surface area contributed by atoms with E-state index in [-0.39, 0.29) is 30.8 Å². The van der Waals surface area contributed by atoms with Gasteiger partial charge in [-0.25, -0.2) is 4.79 Å². The zero-order valence-corrected chi connectivity index (χ0v) is 14.1. The van der Waals surface area contributed by atoms with Crippen molar-refractivity contribution in [1.82, 2.24) is 10.2 Å². The van der Waals surface area contributed by atoms with Crippen LogP contribution in [0.4, 0.5) is 10.5 Å². The van der Waals surface area contributed by atoms with E-state index >= 15 is 0 Å². The van der Waals surface area contributed by atoms with Gasteiger partial charge in [-0.2, -0.15) is 0 Å². The Morgan fingerprint density at radius 2 is 2.00 bits per heavy atom. The molecule has 0 unspecified atom stereocenters. The summed E-state index contributed by atoms with van der Waals surface area (Å²) in [5, 5.41) is 2.28. The number of anilines is 1. The lowest BCUT2D eigenvalue weighted by Crippen LogP contribution is -2.50. The molecule has 0 spiro atoms. The summed E-state index contributed by atoms with van der Waals surface area (Å²) in [5.74, 6) is 0.132. The molecule has 1 aliphatic heterocycles. The van der Waals surface area contributed by atoms with Crippen LogP contribution in [0.15, 0.2) is 47.1 Å². The van der Waals surface area contributed by atoms with E-state index < -0.39 is 6.03 Å². The summed E-state index contributed by atoms with van der Waals surface area (Å²) in [6.45, 7) is 2.11. The highest BCUT2D eigenvalue weighted by Crippen LogP contribution is 2.27. The lowest BCUT2D eigenvalue weighted by molar-refractivity contribution is -0.120. The third-order valence-electron chi connectivity index (χ3n) is 4.34. The third-order valence-corrected chi connectivity index (χ3v) is 4.34. The van der Waals surface area contributed by atoms with Crippen molar-refractivity contribution >= 4 is 23.5 Å². The number of para-hydroxylation sites is 1. The number of furan rings is 1. The van der Waals surface area contributed by atoms with Gasteiger partial charge < -0.3 is 9.32 Å². The van der Waals surface area contributed by atoms with Gasteiger partial charge >= 0.3 is 6.03 Å². The number of carbonyl (C=O) groups excluding carboxylic acids is 3. The second-order valence-corrected chi connectivity index (χ2v) is 5.88. The van der Waals surface area contributed by atoms with Crippen molar-refractivity contribution in [3.05, 3.63) is 54.0 Å². The topological polar surface area (TPSA) is 82.9 Å². The van der Waals surface area contributed by atoms with Gasteiger partial charge in [0.05, 0.1) is 23.6 Å². The predicted octanol–water partition coefficient (Wildman–Crippen LogP) is 2.56. The number of urea groups is 1. The van der Waals surface area contributed by atoms with Gasteiger partial charge in [0.1, 0.15) is 5.76 Å². The van der Waals surface area contributed by atoms with Gasteiger partial charge in [0.25, 0.3) is 5.91 Å². The fourth-order valence-electron chi connectivity index (χ4n) is 2.77. The first-order valence-electron chi connectivity index (χ1n) is 8.00. The number of rotatable bonds is 4. The number of carbonyl (C=O) groups is 3. The normalized spacial score (nSPS) is 15.7. The van der Waals surface area contributed by atoms with Crippen LogP contribution in [0.1, 0.15) is 35.5 Å². The Morgan fingerprint density at radius 3 is 2.68 bits per heavy atom. The lowest BCUT2D eigenvalue weighted by atomic mass is 10.1. The van der Waals surface area contributed by atoms with Gasteiger partial charge in [-0.15, -0.1) is 0 Å². The van der Waals surface area contributed by atoms with Crippen LogP contribution in [-0.4, -0.2) is 36.3 Å². The number of benzene rings is 1. The van der Waals surface area contributed by atoms with Crippen molar-refractivity contribution < 1.29 is 18.8 Å². The van der Waals surface area contributed by atoms with Crippen molar-refractivity contribution in [2.24, 2.45) is 0 Å². The predicted molar refractivity (Wildman–Crippen MR) is 91.2 cm³/mol. The van der Waals surface area contributed by atoms with E-state index in [1.54, 1.807) is 48.5 Å². The van der Waals surface area contributed by atoms with Crippen LogP contribution in [0.25, 0.3) is 0 Å². The fourth-order valence-corrected chi connectivity index (χ4v) is 2.77. The Labute approximate surface area is 145 Å². The number of imide groups is 1. The molecule has 1 aliphatic rings. The number of nitrogens with zero attached hydrogens (tertiary/aromatic N) is 2. The van der Waals surface area contributed by atoms with E-state index in [4.69, 9.17) is 4.42 Å². The Morgan fingerprint density at radius 1 is 1.24 bits per heavy atom. The molecule has 1 fully saturated rings. The Kier molecular flexibility index (Phi) is 4.56. The first-order valence-corrected chi connectivity index (χ1v) is 8.00. The Hall–Kier alpha value is -3.09. The minimum Gasteiger partial charge on any atom is -0.467 e. The molecule has 0 radical (unpaired) electrons. The average Bonchev–Trinajstić information content (AvgIpc) is 3.14. The maximum atomic E-state index is 13.0. The summed E-state index contributed by atoms with van der Waals surface area (Å²) < 4.78 is 5.37. The van der Waals surface area contributed by atoms with Crippen molar-refractivity contribution in [2.75, 3.05) is 18.5 Å². The SMILES string of the molecule is C[C@@H](c1ccco1)N(C)C(=O)c1ccccc1N1CCC(=O)NC1=O. The van der Waals surface area contributed by atoms with E-state index in [1.807, 2.05) is 13.0 Å². The number of nitrogens with one attached hydrogen (secondary N) is 1. The highest BCUT2D eigenvalue weighted by molar-refractivity contribution is 6.09. The molecule has 7 nitrogen and oxygen atoms in total. The van der Waals surface area contributed by atoms with E-state index in [0.717, 1.165) is 0 Å². The molecule has 4 amide bonds. The van der Waals surface area contributed by atoms with Gasteiger partial charge in [-0.05, 0) is 31.2 Å². The smallest absolute Gasteiger partial charge is 0.328 e. The van der Waals surface area contributed by atoms with Gasteiger partial charge in [-0.3, -0.25) is 19.8 Å². The summed E-state index contributed by atoms with van der Waals surface area (Å²) in [6.07, 6.45) is 1.76. The molecule has 1 N–H and O–H groups in total. The molecular formula is C18H19N3O4. The minimum atomic E-state index is -0.516. The molecule has 0 aliphatic carbocycles. The van der Waals surface area contributed by atoms with Crippen LogP contribution in [-0.2, 0) is 4.79 Å². The zero-order valence-electron chi connectivity index (χ0n) is 14.1. The van der Waals surface area contributed by atoms with Crippen LogP contribution >= 0.6 is 0 Å². The monoisotopic (exact) mass is 341 g/mol. The maximum absolute atomic E-state index is 13.0. The van der Waals surface area contributed by atoms with E-state index in [0.29, 0.717) is 17.0 Å². The molecule has 130 valence electrons. The lowest BCUT2D eigenvalue weighted by Gasteiger charge is -2.30. The van der Waals surface area contributed by atoms with Crippen LogP contribution < -0.4 is 10.2 Å². The fraction of sp³-hybridized carbons (Fsp3) is 0.278. The maximum Gasteiger partial charge on any atom is 0.328 e. The Balaban J connectivity index is 1.88. The summed E-state index contributed by atoms with van der Waals surface area (Å²) in [6, 6.07) is 9.68. The molecule has 2 aromatic rings. The number of amides is 4. The summed E-state index contributed by atoms with van der Waals surface area (Å²) in [7, 11) is 1.69. The average molecular weight is 341 g/mol. The van der Waals surface area contributed by atoms with E-state index in [2.05, 4.69) is 5.32 Å². The largest absolute Gasteiger partial charge is 0.467 e. The van der Waals surface area contributed by atoms with E-state index in [1.165, 1.54) is 4.90 Å². The van der Waals surface area contributed by atoms with Crippen molar-refractivity contribution in [2.45, 2.75) is 19.4 Å². The quantitative estimate of drug-likeness (QED) is 0.926. The molecule has 1 atom stereocenters. The highest BCUT2D eigenvalue weighted by atomic mass is 16.3. The second kappa shape index (κ2) is 6.80. The van der Waals surface area contributed by atoms with Crippen molar-refractivity contribution in [1.29, 1.82) is 0 Å². The standard InChI is InChI=1S/C18H19N3O4/c1-12(15-8-5-11-25-15)20(2)17(23)13-6-3-4-7-14(13)21-10-9-16(22)19-18(21)24/h3-8,11-12H,9-10H2,1-2H3,(H,19,22,24)/t12-/m0/s1. The van der Waals surface area contributed by atoms with Crippen LogP contribution in [0.5, 0.6) is 0 Å². The molecule has 3 rings (SSSR count). The molecule has 1 aromatic carbocycles. The van der Waals surface area contributed by atoms with Crippen LogP contribution in [0, 0.1) is 0 Å². The second-order valence-electron chi connectivity index (χ2n) is 5.88. The first kappa shape index (κ1) is 16.8. The highest BCUT2D eigenvalue weighted by Gasteiger charge is 2.29. The molecule has 2 heterocycles. The summed E-state index contributed by atoms with van der Waals surface area (Å²) >= 11 is 0. The number of hydrogen-bond donors (Lipinski definition) is 1. The van der Waals surface area contributed by atoms with Crippen molar-refractivity contribution in [3.8, 4) is 0 Å². The summed E-state index contributed by atoms with van der Waals surface area (Å²) in [5.41, 5.74) is 0.879. The van der Waals surface area contributed by atoms with Crippen LogP contribution in [0.2, 0.25) is 0 Å². The van der Waals surface area contributed by atoms with Gasteiger partial charge in [0, 0.05) is 20.0 Å². The summed E-state index contributed by atoms with van der Waals surface area (Å²) in [4.78, 5) is 39.4. The van der Waals surface area contributed by atoms with Gasteiger partial charge in [-0.1, -0.05) is 12.1 Å². The Bertz CT molecular complexity index is 800. The molecule has 1 saturated heterocycles. The molecule has 25 heavy (non-hydrogen) atoms. The van der Waals surface area contributed by atoms with Gasteiger partial charge in [0.15, 0.2) is 0 Å². The van der Waals surface area contributed by atoms with Crippen molar-refractivity contribution in [3.63, 3.8) is 0 Å². The molecule has 0 saturated carbocycles. The first-order chi connectivity index (χ1) is 12.0. The third kappa shape index (κ3) is 3.26. The van der Waals surface area contributed by atoms with Gasteiger partial charge in [0.2, 0.25) is 5.91 Å². The zero-order chi connectivity index (χ0) is 18.0. The van der Waals surface area contributed by atoms with E-state index in [9.17, 15) is 14.4 Å². The molecule has 7 heteroatoms. The van der Waals surface area contributed by atoms with Crippen LogP contribution in [0.3, 0.4) is 0 Å². The molecule has 1 aromatic heterocycles. The molecular weight excluding hydrogens is 322 g/mol. The minimum absolute atomic E-state index is 0.201. The molecule has 0 bridgehead atoms. The number of hydrogen-bond acceptors (Lipinski definition) is 4.